The highest BCUT2D eigenvalue weighted by molar-refractivity contribution is 6.42. The highest BCUT2D eigenvalue weighted by atomic mass is 35.5. The van der Waals surface area contributed by atoms with Gasteiger partial charge in [-0.2, -0.15) is 5.26 Å². The van der Waals surface area contributed by atoms with Crippen LogP contribution >= 0.6 is 46.4 Å². The molecule has 0 saturated heterocycles. The number of carbonyl (C=O) groups is 1. The Morgan fingerprint density at radius 3 is 2.34 bits per heavy atom. The van der Waals surface area contributed by atoms with Gasteiger partial charge in [0.2, 0.25) is 0 Å². The largest absolute Gasteiger partial charge is 0.486 e. The zero-order valence-corrected chi connectivity index (χ0v) is 19.2. The third-order valence-corrected chi connectivity index (χ3v) is 5.45. The molecule has 0 spiro atoms. The van der Waals surface area contributed by atoms with E-state index in [4.69, 9.17) is 51.1 Å². The molecule has 0 fully saturated rings. The molecule has 3 rings (SSSR count). The van der Waals surface area contributed by atoms with Crippen LogP contribution in [0.25, 0.3) is 6.08 Å². The molecule has 0 atom stereocenters. The highest BCUT2D eigenvalue weighted by Gasteiger charge is 2.14. The molecule has 9 heteroatoms. The van der Waals surface area contributed by atoms with E-state index < -0.39 is 5.91 Å². The fourth-order valence-electron chi connectivity index (χ4n) is 2.67. The van der Waals surface area contributed by atoms with Crippen LogP contribution in [0, 0.1) is 17.1 Å². The van der Waals surface area contributed by atoms with E-state index in [2.05, 4.69) is 5.32 Å². The fourth-order valence-corrected chi connectivity index (χ4v) is 3.58. The number of carbonyl (C=O) groups excluding carboxylic acids is 1. The van der Waals surface area contributed by atoms with Gasteiger partial charge in [0, 0.05) is 5.69 Å². The third-order valence-electron chi connectivity index (χ3n) is 4.15. The van der Waals surface area contributed by atoms with Crippen LogP contribution in [-0.2, 0) is 11.4 Å². The molecular weight excluding hydrogens is 497 g/mol. The molecule has 0 saturated carbocycles. The van der Waals surface area contributed by atoms with Crippen LogP contribution in [0.1, 0.15) is 11.1 Å². The lowest BCUT2D eigenvalue weighted by Crippen LogP contribution is -2.13. The first-order chi connectivity index (χ1) is 15.3. The standard InChI is InChI=1S/C23H13Cl4FN2O2/c24-18-5-4-17(10-19(18)25)30-23(31)15(11-29)6-14-8-20(26)22(21(27)9-14)32-12-13-2-1-3-16(28)7-13/h1-10H,12H2,(H,30,31)/b15-6+. The lowest BCUT2D eigenvalue weighted by Gasteiger charge is -2.11. The van der Waals surface area contributed by atoms with Gasteiger partial charge in [-0.15, -0.1) is 0 Å². The number of halogens is 5. The van der Waals surface area contributed by atoms with E-state index in [1.54, 1.807) is 18.2 Å². The van der Waals surface area contributed by atoms with Gasteiger partial charge in [0.15, 0.2) is 5.75 Å². The minimum Gasteiger partial charge on any atom is -0.486 e. The first-order valence-corrected chi connectivity index (χ1v) is 10.5. The van der Waals surface area contributed by atoms with Gasteiger partial charge in [-0.05, 0) is 59.7 Å². The minimum absolute atomic E-state index is 0.0574. The van der Waals surface area contributed by atoms with Crippen LogP contribution in [-0.4, -0.2) is 5.91 Å². The van der Waals surface area contributed by atoms with Crippen molar-refractivity contribution in [2.24, 2.45) is 0 Å². The lowest BCUT2D eigenvalue weighted by molar-refractivity contribution is -0.112. The Balaban J connectivity index is 1.77. The molecule has 1 amide bonds. The van der Waals surface area contributed by atoms with Crippen LogP contribution in [0.3, 0.4) is 0 Å². The summed E-state index contributed by atoms with van der Waals surface area (Å²) in [6.45, 7) is 0.0574. The number of hydrogen-bond donors (Lipinski definition) is 1. The molecule has 3 aromatic rings. The van der Waals surface area contributed by atoms with Crippen molar-refractivity contribution in [1.29, 1.82) is 5.26 Å². The average Bonchev–Trinajstić information content (AvgIpc) is 2.74. The van der Waals surface area contributed by atoms with E-state index in [0.29, 0.717) is 21.8 Å². The highest BCUT2D eigenvalue weighted by Crippen LogP contribution is 2.35. The maximum Gasteiger partial charge on any atom is 0.266 e. The van der Waals surface area contributed by atoms with Crippen molar-refractivity contribution in [3.63, 3.8) is 0 Å². The molecular formula is C23H13Cl4FN2O2. The van der Waals surface area contributed by atoms with E-state index in [1.165, 1.54) is 42.5 Å². The molecule has 4 nitrogen and oxygen atoms in total. The number of hydrogen-bond acceptors (Lipinski definition) is 3. The van der Waals surface area contributed by atoms with Crippen molar-refractivity contribution >= 4 is 64.1 Å². The van der Waals surface area contributed by atoms with Crippen LogP contribution < -0.4 is 10.1 Å². The summed E-state index contributed by atoms with van der Waals surface area (Å²) in [6, 6.07) is 15.3. The summed E-state index contributed by atoms with van der Waals surface area (Å²) < 4.78 is 18.9. The molecule has 0 aliphatic rings. The van der Waals surface area contributed by atoms with E-state index in [1.807, 2.05) is 6.07 Å². The van der Waals surface area contributed by atoms with E-state index in [9.17, 15) is 14.4 Å². The van der Waals surface area contributed by atoms with Gasteiger partial charge in [-0.3, -0.25) is 4.79 Å². The zero-order valence-electron chi connectivity index (χ0n) is 16.1. The molecule has 32 heavy (non-hydrogen) atoms. The SMILES string of the molecule is N#C/C(=C\c1cc(Cl)c(OCc2cccc(F)c2)c(Cl)c1)C(=O)Nc1ccc(Cl)c(Cl)c1. The van der Waals surface area contributed by atoms with Crippen molar-refractivity contribution in [1.82, 2.24) is 0 Å². The summed E-state index contributed by atoms with van der Waals surface area (Å²) >= 11 is 24.4. The first kappa shape index (κ1) is 23.9. The quantitative estimate of drug-likeness (QED) is 0.275. The predicted molar refractivity (Wildman–Crippen MR) is 126 cm³/mol. The van der Waals surface area contributed by atoms with Crippen molar-refractivity contribution in [3.8, 4) is 11.8 Å². The summed E-state index contributed by atoms with van der Waals surface area (Å²) in [5, 5.41) is 12.9. The number of nitriles is 1. The summed E-state index contributed by atoms with van der Waals surface area (Å²) in [6.07, 6.45) is 1.33. The molecule has 0 unspecified atom stereocenters. The Labute approximate surface area is 203 Å². The Bertz CT molecular complexity index is 1230. The Morgan fingerprint density at radius 2 is 1.72 bits per heavy atom. The normalized spacial score (nSPS) is 11.1. The molecule has 3 aromatic carbocycles. The summed E-state index contributed by atoms with van der Waals surface area (Å²) in [4.78, 5) is 12.5. The Morgan fingerprint density at radius 1 is 1.00 bits per heavy atom. The topological polar surface area (TPSA) is 62.1 Å². The molecule has 0 aromatic heterocycles. The molecule has 0 aliphatic carbocycles. The zero-order chi connectivity index (χ0) is 23.3. The molecule has 0 bridgehead atoms. The molecule has 0 radical (unpaired) electrons. The average molecular weight is 510 g/mol. The van der Waals surface area contributed by atoms with Gasteiger partial charge < -0.3 is 10.1 Å². The second-order valence-electron chi connectivity index (χ2n) is 6.49. The summed E-state index contributed by atoms with van der Waals surface area (Å²) in [5.41, 5.74) is 1.21. The van der Waals surface area contributed by atoms with Gasteiger partial charge >= 0.3 is 0 Å². The minimum atomic E-state index is -0.649. The Hall–Kier alpha value is -2.75. The molecule has 1 N–H and O–H groups in total. The number of benzene rings is 3. The van der Waals surface area contributed by atoms with Crippen LogP contribution in [0.5, 0.6) is 5.75 Å². The van der Waals surface area contributed by atoms with Crippen LogP contribution in [0.4, 0.5) is 10.1 Å². The van der Waals surface area contributed by atoms with Crippen LogP contribution in [0.2, 0.25) is 20.1 Å². The Kier molecular flexibility index (Phi) is 8.00. The second kappa shape index (κ2) is 10.7. The third kappa shape index (κ3) is 6.15. The molecule has 162 valence electrons. The van der Waals surface area contributed by atoms with Gasteiger partial charge in [0.05, 0.1) is 20.1 Å². The second-order valence-corrected chi connectivity index (χ2v) is 8.11. The number of anilines is 1. The first-order valence-electron chi connectivity index (χ1n) is 9.01. The van der Waals surface area contributed by atoms with E-state index >= 15 is 0 Å². The van der Waals surface area contributed by atoms with Crippen molar-refractivity contribution in [2.75, 3.05) is 5.32 Å². The monoisotopic (exact) mass is 508 g/mol. The number of nitrogens with one attached hydrogen (secondary N) is 1. The predicted octanol–water partition coefficient (Wildman–Crippen LogP) is 7.56. The van der Waals surface area contributed by atoms with Crippen molar-refractivity contribution in [3.05, 3.63) is 97.2 Å². The van der Waals surface area contributed by atoms with Gasteiger partial charge in [-0.25, -0.2) is 4.39 Å². The van der Waals surface area contributed by atoms with Gasteiger partial charge in [0.1, 0.15) is 24.1 Å². The van der Waals surface area contributed by atoms with E-state index in [-0.39, 0.29) is 38.8 Å². The van der Waals surface area contributed by atoms with E-state index in [0.717, 1.165) is 0 Å². The van der Waals surface area contributed by atoms with Crippen molar-refractivity contribution < 1.29 is 13.9 Å². The smallest absolute Gasteiger partial charge is 0.266 e. The lowest BCUT2D eigenvalue weighted by atomic mass is 10.1. The molecule has 0 heterocycles. The van der Waals surface area contributed by atoms with Gasteiger partial charge in [-0.1, -0.05) is 58.5 Å². The molecule has 0 aliphatic heterocycles. The number of rotatable bonds is 6. The maximum absolute atomic E-state index is 13.3. The fraction of sp³-hybridized carbons (Fsp3) is 0.0435. The summed E-state index contributed by atoms with van der Waals surface area (Å²) in [7, 11) is 0. The van der Waals surface area contributed by atoms with Gasteiger partial charge in [0.25, 0.3) is 5.91 Å². The number of amides is 1. The van der Waals surface area contributed by atoms with Crippen LogP contribution in [0.15, 0.2) is 60.2 Å². The summed E-state index contributed by atoms with van der Waals surface area (Å²) in [5.74, 6) is -0.829. The van der Waals surface area contributed by atoms with Crippen molar-refractivity contribution in [2.45, 2.75) is 6.61 Å². The number of nitrogens with zero attached hydrogens (tertiary/aromatic N) is 1. The number of ether oxygens (including phenoxy) is 1. The maximum atomic E-state index is 13.3.